The minimum absolute atomic E-state index is 0.264. The zero-order valence-electron chi connectivity index (χ0n) is 7.84. The molecule has 0 bridgehead atoms. The van der Waals surface area contributed by atoms with Gasteiger partial charge in [0.15, 0.2) is 0 Å². The summed E-state index contributed by atoms with van der Waals surface area (Å²) in [6.45, 7) is 0.537. The van der Waals surface area contributed by atoms with Gasteiger partial charge in [-0.1, -0.05) is 0 Å². The molecule has 0 saturated heterocycles. The van der Waals surface area contributed by atoms with Crippen LogP contribution in [0.2, 0.25) is 0 Å². The van der Waals surface area contributed by atoms with Crippen LogP contribution in [0.3, 0.4) is 0 Å². The standard InChI is InChI=1S/C11H9BrFNO/c12-10-4-3-8(13)6-11(10)14-7-9-2-1-5-15-9/h1-6,14H,7H2. The highest BCUT2D eigenvalue weighted by molar-refractivity contribution is 9.10. The summed E-state index contributed by atoms with van der Waals surface area (Å²) < 4.78 is 18.9. The molecule has 0 fully saturated rings. The summed E-state index contributed by atoms with van der Waals surface area (Å²) in [5, 5.41) is 3.08. The third-order valence-electron chi connectivity index (χ3n) is 1.96. The van der Waals surface area contributed by atoms with E-state index in [0.29, 0.717) is 12.2 Å². The lowest BCUT2D eigenvalue weighted by molar-refractivity contribution is 0.518. The van der Waals surface area contributed by atoms with E-state index in [9.17, 15) is 4.39 Å². The van der Waals surface area contributed by atoms with Crippen molar-refractivity contribution in [3.63, 3.8) is 0 Å². The molecule has 15 heavy (non-hydrogen) atoms. The van der Waals surface area contributed by atoms with Crippen molar-refractivity contribution in [2.24, 2.45) is 0 Å². The largest absolute Gasteiger partial charge is 0.467 e. The van der Waals surface area contributed by atoms with Crippen LogP contribution in [0.1, 0.15) is 5.76 Å². The Bertz CT molecular complexity index is 442. The Morgan fingerprint density at radius 2 is 2.20 bits per heavy atom. The monoisotopic (exact) mass is 269 g/mol. The van der Waals surface area contributed by atoms with Crippen LogP contribution in [-0.4, -0.2) is 0 Å². The molecule has 4 heteroatoms. The molecule has 0 aliphatic carbocycles. The Hall–Kier alpha value is -1.29. The molecule has 1 aromatic carbocycles. The van der Waals surface area contributed by atoms with E-state index in [1.165, 1.54) is 12.1 Å². The van der Waals surface area contributed by atoms with Crippen LogP contribution in [0.5, 0.6) is 0 Å². The average Bonchev–Trinajstić information content (AvgIpc) is 2.72. The molecule has 1 N–H and O–H groups in total. The third-order valence-corrected chi connectivity index (χ3v) is 2.65. The van der Waals surface area contributed by atoms with Crippen LogP contribution in [0.4, 0.5) is 10.1 Å². The van der Waals surface area contributed by atoms with Gasteiger partial charge in [-0.3, -0.25) is 0 Å². The molecule has 0 aliphatic rings. The summed E-state index contributed by atoms with van der Waals surface area (Å²) in [6.07, 6.45) is 1.61. The van der Waals surface area contributed by atoms with Crippen LogP contribution in [-0.2, 0) is 6.54 Å². The Balaban J connectivity index is 2.07. The SMILES string of the molecule is Fc1ccc(Br)c(NCc2ccco2)c1. The number of hydrogen-bond acceptors (Lipinski definition) is 2. The van der Waals surface area contributed by atoms with Crippen molar-refractivity contribution in [1.29, 1.82) is 0 Å². The lowest BCUT2D eigenvalue weighted by Crippen LogP contribution is -1.99. The number of nitrogens with one attached hydrogen (secondary N) is 1. The van der Waals surface area contributed by atoms with Gasteiger partial charge in [0, 0.05) is 4.47 Å². The molecule has 0 aliphatic heterocycles. The van der Waals surface area contributed by atoms with Gasteiger partial charge in [-0.25, -0.2) is 4.39 Å². The van der Waals surface area contributed by atoms with Crippen LogP contribution >= 0.6 is 15.9 Å². The second-order valence-electron chi connectivity index (χ2n) is 3.06. The number of anilines is 1. The van der Waals surface area contributed by atoms with Gasteiger partial charge in [0.25, 0.3) is 0 Å². The van der Waals surface area contributed by atoms with Gasteiger partial charge in [-0.05, 0) is 46.3 Å². The molecule has 1 heterocycles. The third kappa shape index (κ3) is 2.59. The molecule has 0 radical (unpaired) electrons. The molecule has 2 aromatic rings. The number of halogens is 2. The average molecular weight is 270 g/mol. The fourth-order valence-corrected chi connectivity index (χ4v) is 1.62. The van der Waals surface area contributed by atoms with E-state index >= 15 is 0 Å². The Kier molecular flexibility index (Phi) is 3.06. The summed E-state index contributed by atoms with van der Waals surface area (Å²) in [5.74, 6) is 0.548. The molecule has 2 nitrogen and oxygen atoms in total. The van der Waals surface area contributed by atoms with E-state index in [1.807, 2.05) is 12.1 Å². The van der Waals surface area contributed by atoms with Crippen molar-refractivity contribution in [2.45, 2.75) is 6.54 Å². The molecule has 0 amide bonds. The number of furan rings is 1. The van der Waals surface area contributed by atoms with E-state index in [1.54, 1.807) is 12.3 Å². The zero-order chi connectivity index (χ0) is 10.7. The van der Waals surface area contributed by atoms with E-state index in [0.717, 1.165) is 10.2 Å². The van der Waals surface area contributed by atoms with Crippen molar-refractivity contribution in [1.82, 2.24) is 0 Å². The highest BCUT2D eigenvalue weighted by Crippen LogP contribution is 2.23. The normalized spacial score (nSPS) is 10.3. The van der Waals surface area contributed by atoms with Crippen molar-refractivity contribution >= 4 is 21.6 Å². The van der Waals surface area contributed by atoms with Crippen molar-refractivity contribution in [3.8, 4) is 0 Å². The van der Waals surface area contributed by atoms with E-state index in [4.69, 9.17) is 4.42 Å². The van der Waals surface area contributed by atoms with Gasteiger partial charge in [0.05, 0.1) is 18.5 Å². The van der Waals surface area contributed by atoms with Gasteiger partial charge in [-0.15, -0.1) is 0 Å². The molecule has 0 unspecified atom stereocenters. The number of hydrogen-bond donors (Lipinski definition) is 1. The van der Waals surface area contributed by atoms with E-state index < -0.39 is 0 Å². The minimum Gasteiger partial charge on any atom is -0.467 e. The van der Waals surface area contributed by atoms with Crippen molar-refractivity contribution in [2.75, 3.05) is 5.32 Å². The molecule has 0 spiro atoms. The fraction of sp³-hybridized carbons (Fsp3) is 0.0909. The molecule has 2 rings (SSSR count). The van der Waals surface area contributed by atoms with Crippen LogP contribution in [0.15, 0.2) is 45.5 Å². The van der Waals surface area contributed by atoms with Crippen molar-refractivity contribution in [3.05, 3.63) is 52.6 Å². The topological polar surface area (TPSA) is 25.2 Å². The zero-order valence-corrected chi connectivity index (χ0v) is 9.42. The summed E-state index contributed by atoms with van der Waals surface area (Å²) in [4.78, 5) is 0. The summed E-state index contributed by atoms with van der Waals surface area (Å²) in [7, 11) is 0. The molecular formula is C11H9BrFNO. The second kappa shape index (κ2) is 4.49. The van der Waals surface area contributed by atoms with E-state index in [-0.39, 0.29) is 5.82 Å². The van der Waals surface area contributed by atoms with Crippen LogP contribution in [0.25, 0.3) is 0 Å². The molecule has 0 saturated carbocycles. The first-order chi connectivity index (χ1) is 7.25. The summed E-state index contributed by atoms with van der Waals surface area (Å²) in [6, 6.07) is 8.19. The lowest BCUT2D eigenvalue weighted by atomic mass is 10.3. The number of rotatable bonds is 3. The van der Waals surface area contributed by atoms with E-state index in [2.05, 4.69) is 21.2 Å². The van der Waals surface area contributed by atoms with Crippen molar-refractivity contribution < 1.29 is 8.81 Å². The highest BCUT2D eigenvalue weighted by atomic mass is 79.9. The maximum absolute atomic E-state index is 12.9. The maximum Gasteiger partial charge on any atom is 0.125 e. The first-order valence-electron chi connectivity index (χ1n) is 4.47. The molecule has 78 valence electrons. The first kappa shape index (κ1) is 10.2. The first-order valence-corrected chi connectivity index (χ1v) is 5.26. The Labute approximate surface area is 95.2 Å². The molecular weight excluding hydrogens is 261 g/mol. The Morgan fingerprint density at radius 1 is 1.33 bits per heavy atom. The van der Waals surface area contributed by atoms with Crippen LogP contribution in [0, 0.1) is 5.82 Å². The minimum atomic E-state index is -0.264. The van der Waals surface area contributed by atoms with Crippen LogP contribution < -0.4 is 5.32 Å². The molecule has 1 aromatic heterocycles. The maximum atomic E-state index is 12.9. The van der Waals surface area contributed by atoms with Gasteiger partial charge in [0.2, 0.25) is 0 Å². The predicted molar refractivity (Wildman–Crippen MR) is 60.1 cm³/mol. The smallest absolute Gasteiger partial charge is 0.125 e. The highest BCUT2D eigenvalue weighted by Gasteiger charge is 2.02. The predicted octanol–water partition coefficient (Wildman–Crippen LogP) is 3.79. The summed E-state index contributed by atoms with van der Waals surface area (Å²) >= 11 is 3.33. The molecule has 0 atom stereocenters. The fourth-order valence-electron chi connectivity index (χ4n) is 1.23. The van der Waals surface area contributed by atoms with Gasteiger partial charge in [0.1, 0.15) is 11.6 Å². The lowest BCUT2D eigenvalue weighted by Gasteiger charge is -2.06. The van der Waals surface area contributed by atoms with Gasteiger partial charge >= 0.3 is 0 Å². The van der Waals surface area contributed by atoms with Gasteiger partial charge < -0.3 is 9.73 Å². The quantitative estimate of drug-likeness (QED) is 0.917. The second-order valence-corrected chi connectivity index (χ2v) is 3.91. The summed E-state index contributed by atoms with van der Waals surface area (Å²) in [5.41, 5.74) is 0.714. The van der Waals surface area contributed by atoms with Gasteiger partial charge in [-0.2, -0.15) is 0 Å². The number of benzene rings is 1. The Morgan fingerprint density at radius 3 is 2.93 bits per heavy atom.